The number of halogens is 6. The largest absolute Gasteiger partial charge is 0.417 e. The third-order valence-corrected chi connectivity index (χ3v) is 11.9. The van der Waals surface area contributed by atoms with Crippen molar-refractivity contribution < 1.29 is 26.3 Å². The fraction of sp³-hybridized carbons (Fsp3) is 0.0755. The SMILES string of the molecule is Cc1ccccc1-c1ccc2c3ccccc3n(-c3cc(-c4c(C(F)(F)F)cccc4C(F)(F)F)cc(-n4c5ccccc5c5ccc(-c6ccccc6C)cc54)c3C#N)c2c1. The number of hydrogen-bond acceptors (Lipinski definition) is 1. The number of hydrogen-bond donors (Lipinski definition) is 0. The first-order valence-corrected chi connectivity index (χ1v) is 19.9. The highest BCUT2D eigenvalue weighted by Gasteiger charge is 2.41. The van der Waals surface area contributed by atoms with Crippen LogP contribution in [-0.2, 0) is 12.4 Å². The maximum absolute atomic E-state index is 15.1. The van der Waals surface area contributed by atoms with Gasteiger partial charge < -0.3 is 9.13 Å². The molecule has 62 heavy (non-hydrogen) atoms. The van der Waals surface area contributed by atoms with E-state index in [0.717, 1.165) is 61.0 Å². The van der Waals surface area contributed by atoms with E-state index < -0.39 is 29.0 Å². The Morgan fingerprint density at radius 1 is 0.419 bits per heavy atom. The quantitative estimate of drug-likeness (QED) is 0.159. The molecule has 0 aliphatic rings. The molecule has 0 fully saturated rings. The van der Waals surface area contributed by atoms with Crippen molar-refractivity contribution in [3.8, 4) is 50.8 Å². The second-order valence-corrected chi connectivity index (χ2v) is 15.5. The van der Waals surface area contributed by atoms with Crippen LogP contribution in [0.5, 0.6) is 0 Å². The summed E-state index contributed by atoms with van der Waals surface area (Å²) < 4.78 is 94.0. The molecule has 2 heterocycles. The van der Waals surface area contributed by atoms with Crippen LogP contribution in [0.4, 0.5) is 26.3 Å². The lowest BCUT2D eigenvalue weighted by molar-refractivity contribution is -0.142. The first kappa shape index (κ1) is 38.6. The Hall–Kier alpha value is -7.57. The Balaban J connectivity index is 1.40. The van der Waals surface area contributed by atoms with Gasteiger partial charge in [0.2, 0.25) is 0 Å². The summed E-state index contributed by atoms with van der Waals surface area (Å²) in [7, 11) is 0. The minimum Gasteiger partial charge on any atom is -0.308 e. The smallest absolute Gasteiger partial charge is 0.308 e. The lowest BCUT2D eigenvalue weighted by Crippen LogP contribution is -2.15. The van der Waals surface area contributed by atoms with Crippen LogP contribution in [0.3, 0.4) is 0 Å². The van der Waals surface area contributed by atoms with E-state index in [9.17, 15) is 5.26 Å². The number of nitrogens with zero attached hydrogens (tertiary/aromatic N) is 3. The number of benzene rings is 8. The summed E-state index contributed by atoms with van der Waals surface area (Å²) in [5.41, 5.74) is 4.14. The van der Waals surface area contributed by atoms with Gasteiger partial charge in [0.05, 0.1) is 44.6 Å². The van der Waals surface area contributed by atoms with Crippen molar-refractivity contribution in [3.63, 3.8) is 0 Å². The van der Waals surface area contributed by atoms with Crippen LogP contribution < -0.4 is 0 Å². The summed E-state index contributed by atoms with van der Waals surface area (Å²) in [5, 5.41) is 14.6. The monoisotopic (exact) mass is 825 g/mol. The average molecular weight is 826 g/mol. The molecule has 302 valence electrons. The van der Waals surface area contributed by atoms with Crippen LogP contribution in [-0.4, -0.2) is 9.13 Å². The Bertz CT molecular complexity index is 3270. The lowest BCUT2D eigenvalue weighted by atomic mass is 9.91. The van der Waals surface area contributed by atoms with Gasteiger partial charge in [-0.1, -0.05) is 115 Å². The van der Waals surface area contributed by atoms with Crippen LogP contribution in [0.15, 0.2) is 164 Å². The maximum atomic E-state index is 15.1. The molecule has 8 aromatic carbocycles. The molecule has 10 aromatic rings. The molecule has 0 aliphatic carbocycles. The fourth-order valence-corrected chi connectivity index (χ4v) is 9.15. The second-order valence-electron chi connectivity index (χ2n) is 15.5. The Kier molecular flexibility index (Phi) is 8.89. The first-order chi connectivity index (χ1) is 29.8. The van der Waals surface area contributed by atoms with Gasteiger partial charge >= 0.3 is 12.4 Å². The van der Waals surface area contributed by atoms with Crippen molar-refractivity contribution in [3.05, 3.63) is 192 Å². The van der Waals surface area contributed by atoms with Gasteiger partial charge in [0.1, 0.15) is 11.6 Å². The van der Waals surface area contributed by atoms with E-state index in [1.165, 1.54) is 12.1 Å². The maximum Gasteiger partial charge on any atom is 0.417 e. The topological polar surface area (TPSA) is 33.6 Å². The number of alkyl halides is 6. The molecule has 0 atom stereocenters. The molecular weight excluding hydrogens is 793 g/mol. The minimum absolute atomic E-state index is 0.0553. The molecule has 9 heteroatoms. The van der Waals surface area contributed by atoms with Crippen molar-refractivity contribution >= 4 is 43.6 Å². The third-order valence-electron chi connectivity index (χ3n) is 11.9. The molecule has 0 spiro atoms. The standard InChI is InChI=1S/C53H33F6N3/c1-31-12-3-5-14-36(31)33-22-24-40-38-16-7-9-20-45(38)61(47(40)26-33)49-28-35(51-43(52(54,55)56)18-11-19-44(51)53(57,58)59)29-50(42(49)30-60)62-46-21-10-8-17-39(46)41-25-23-34(27-48(41)62)37-15-6-4-13-32(37)2/h3-29H,1-2H3. The van der Waals surface area contributed by atoms with Crippen LogP contribution >= 0.6 is 0 Å². The van der Waals surface area contributed by atoms with Gasteiger partial charge in [-0.3, -0.25) is 0 Å². The molecule has 3 nitrogen and oxygen atoms in total. The van der Waals surface area contributed by atoms with E-state index in [1.54, 1.807) is 9.13 Å². The van der Waals surface area contributed by atoms with Gasteiger partial charge in [0.15, 0.2) is 0 Å². The Morgan fingerprint density at radius 3 is 1.24 bits per heavy atom. The highest BCUT2D eigenvalue weighted by atomic mass is 19.4. The van der Waals surface area contributed by atoms with Crippen LogP contribution in [0, 0.1) is 25.2 Å². The summed E-state index contributed by atoms with van der Waals surface area (Å²) in [4.78, 5) is 0. The summed E-state index contributed by atoms with van der Waals surface area (Å²) in [6, 6.07) is 49.6. The fourth-order valence-electron chi connectivity index (χ4n) is 9.15. The van der Waals surface area contributed by atoms with Gasteiger partial charge in [-0.15, -0.1) is 0 Å². The molecule has 0 amide bonds. The zero-order valence-electron chi connectivity index (χ0n) is 33.2. The van der Waals surface area contributed by atoms with E-state index in [4.69, 9.17) is 0 Å². The van der Waals surface area contributed by atoms with Crippen LogP contribution in [0.25, 0.3) is 88.4 Å². The van der Waals surface area contributed by atoms with E-state index in [-0.39, 0.29) is 22.5 Å². The highest BCUT2D eigenvalue weighted by molar-refractivity contribution is 6.12. The number of aromatic nitrogens is 2. The Labute approximate surface area is 351 Å². The van der Waals surface area contributed by atoms with Crippen molar-refractivity contribution in [1.29, 1.82) is 5.26 Å². The van der Waals surface area contributed by atoms with E-state index in [1.807, 2.05) is 147 Å². The minimum atomic E-state index is -5.16. The lowest BCUT2D eigenvalue weighted by Gasteiger charge is -2.22. The molecule has 0 saturated carbocycles. The van der Waals surface area contributed by atoms with Gasteiger partial charge in [-0.25, -0.2) is 0 Å². The van der Waals surface area contributed by atoms with Crippen molar-refractivity contribution in [1.82, 2.24) is 9.13 Å². The zero-order valence-corrected chi connectivity index (χ0v) is 33.2. The van der Waals surface area contributed by atoms with Crippen LogP contribution in [0.1, 0.15) is 27.8 Å². The number of fused-ring (bicyclic) bond motifs is 6. The molecule has 0 N–H and O–H groups in total. The summed E-state index contributed by atoms with van der Waals surface area (Å²) >= 11 is 0. The van der Waals surface area contributed by atoms with E-state index in [0.29, 0.717) is 34.2 Å². The van der Waals surface area contributed by atoms with Crippen molar-refractivity contribution in [2.45, 2.75) is 26.2 Å². The predicted molar refractivity (Wildman–Crippen MR) is 236 cm³/mol. The van der Waals surface area contributed by atoms with Gasteiger partial charge in [-0.05, 0) is 101 Å². The normalized spacial score (nSPS) is 12.2. The summed E-state index contributed by atoms with van der Waals surface area (Å²) in [6.07, 6.45) is -10.3. The summed E-state index contributed by atoms with van der Waals surface area (Å²) in [6.45, 7) is 3.98. The average Bonchev–Trinajstić information content (AvgIpc) is 3.77. The molecule has 0 saturated heterocycles. The van der Waals surface area contributed by atoms with Gasteiger partial charge in [0.25, 0.3) is 0 Å². The van der Waals surface area contributed by atoms with E-state index >= 15 is 26.3 Å². The van der Waals surface area contributed by atoms with Gasteiger partial charge in [0, 0.05) is 27.1 Å². The highest BCUT2D eigenvalue weighted by Crippen LogP contribution is 2.48. The molecule has 0 unspecified atom stereocenters. The molecular formula is C53H33F6N3. The molecule has 0 aliphatic heterocycles. The van der Waals surface area contributed by atoms with Crippen LogP contribution in [0.2, 0.25) is 0 Å². The third kappa shape index (κ3) is 6.13. The van der Waals surface area contributed by atoms with E-state index in [2.05, 4.69) is 6.07 Å². The number of aryl methyl sites for hydroxylation is 2. The second kappa shape index (κ2) is 14.3. The summed E-state index contributed by atoms with van der Waals surface area (Å²) in [5.74, 6) is 0. The predicted octanol–water partition coefficient (Wildman–Crippen LogP) is 15.4. The number of nitriles is 1. The first-order valence-electron chi connectivity index (χ1n) is 19.9. The Morgan fingerprint density at radius 2 is 0.823 bits per heavy atom. The molecule has 2 aromatic heterocycles. The van der Waals surface area contributed by atoms with Gasteiger partial charge in [-0.2, -0.15) is 31.6 Å². The zero-order chi connectivity index (χ0) is 43.1. The molecule has 0 bridgehead atoms. The van der Waals surface area contributed by atoms with Crippen molar-refractivity contribution in [2.24, 2.45) is 0 Å². The van der Waals surface area contributed by atoms with Crippen molar-refractivity contribution in [2.75, 3.05) is 0 Å². The molecule has 0 radical (unpaired) electrons. The number of rotatable bonds is 5. The molecule has 10 rings (SSSR count). The number of para-hydroxylation sites is 2.